The summed E-state index contributed by atoms with van der Waals surface area (Å²) in [5.41, 5.74) is 0.748. The molecule has 0 atom stereocenters. The van der Waals surface area contributed by atoms with Crippen molar-refractivity contribution < 1.29 is 9.90 Å². The number of carbonyl (C=O) groups is 1. The van der Waals surface area contributed by atoms with Crippen molar-refractivity contribution in [2.24, 2.45) is 0 Å². The molecule has 0 unspecified atom stereocenters. The summed E-state index contributed by atoms with van der Waals surface area (Å²) in [5, 5.41) is 13.5. The monoisotopic (exact) mass is 323 g/mol. The smallest absolute Gasteiger partial charge is 0.346 e. The highest BCUT2D eigenvalue weighted by Crippen LogP contribution is 2.43. The van der Waals surface area contributed by atoms with E-state index in [4.69, 9.17) is 0 Å². The van der Waals surface area contributed by atoms with Crippen LogP contribution in [0.5, 0.6) is 0 Å². The van der Waals surface area contributed by atoms with Crippen molar-refractivity contribution in [1.82, 2.24) is 9.97 Å². The summed E-state index contributed by atoms with van der Waals surface area (Å²) in [7, 11) is 0. The van der Waals surface area contributed by atoms with E-state index in [2.05, 4.69) is 21.5 Å². The topological polar surface area (TPSA) is 75.1 Å². The van der Waals surface area contributed by atoms with Gasteiger partial charge in [0.05, 0.1) is 5.39 Å². The van der Waals surface area contributed by atoms with Gasteiger partial charge in [0.2, 0.25) is 0 Å². The van der Waals surface area contributed by atoms with Gasteiger partial charge in [0.15, 0.2) is 0 Å². The fraction of sp³-hybridized carbons (Fsp3) is 0.500. The van der Waals surface area contributed by atoms with E-state index in [1.54, 1.807) is 0 Å². The van der Waals surface area contributed by atoms with E-state index in [0.29, 0.717) is 9.62 Å². The number of anilines is 1. The number of aryl methyl sites for hydroxylation is 1. The van der Waals surface area contributed by atoms with Crippen LogP contribution in [0.1, 0.15) is 34.5 Å². The van der Waals surface area contributed by atoms with E-state index in [9.17, 15) is 9.90 Å². The third-order valence-corrected chi connectivity index (χ3v) is 6.80. The predicted octanol–water partition coefficient (Wildman–Crippen LogP) is 3.40. The number of thioether (sulfide) groups is 1. The second-order valence-electron chi connectivity index (χ2n) is 5.36. The van der Waals surface area contributed by atoms with Gasteiger partial charge < -0.3 is 10.4 Å². The van der Waals surface area contributed by atoms with Gasteiger partial charge in [-0.25, -0.2) is 14.8 Å². The molecule has 0 bridgehead atoms. The van der Waals surface area contributed by atoms with E-state index in [1.807, 2.05) is 18.7 Å². The summed E-state index contributed by atoms with van der Waals surface area (Å²) in [6, 6.07) is 0. The Bertz CT molecular complexity index is 689. The van der Waals surface area contributed by atoms with E-state index in [-0.39, 0.29) is 0 Å². The lowest BCUT2D eigenvalue weighted by molar-refractivity contribution is 0.0701. The number of hydrogen-bond acceptors (Lipinski definition) is 6. The molecule has 1 aliphatic carbocycles. The lowest BCUT2D eigenvalue weighted by Crippen LogP contribution is -2.40. The van der Waals surface area contributed by atoms with Gasteiger partial charge >= 0.3 is 5.97 Å². The van der Waals surface area contributed by atoms with Crippen molar-refractivity contribution in [3.05, 3.63) is 16.8 Å². The standard InChI is InChI=1S/C14H17N3O2S2/c1-8-9-11(15-6-14(20-2)4-3-5-14)16-7-17-12(9)21-10(8)13(18)19/h7H,3-6H2,1-2H3,(H,18,19)(H,15,16,17). The van der Waals surface area contributed by atoms with Crippen molar-refractivity contribution in [2.45, 2.75) is 30.9 Å². The first-order valence-corrected chi connectivity index (χ1v) is 8.87. The Morgan fingerprint density at radius 1 is 1.52 bits per heavy atom. The van der Waals surface area contributed by atoms with Gasteiger partial charge in [-0.15, -0.1) is 11.3 Å². The minimum Gasteiger partial charge on any atom is -0.477 e. The van der Waals surface area contributed by atoms with Gasteiger partial charge in [-0.05, 0) is 31.6 Å². The molecular formula is C14H17N3O2S2. The van der Waals surface area contributed by atoms with Crippen molar-refractivity contribution in [1.29, 1.82) is 0 Å². The van der Waals surface area contributed by atoms with Crippen LogP contribution in [0, 0.1) is 6.92 Å². The summed E-state index contributed by atoms with van der Waals surface area (Å²) < 4.78 is 0.302. The van der Waals surface area contributed by atoms with Crippen LogP contribution in [0.3, 0.4) is 0 Å². The third kappa shape index (κ3) is 2.48. The average molecular weight is 323 g/mol. The van der Waals surface area contributed by atoms with Crippen molar-refractivity contribution in [2.75, 3.05) is 18.1 Å². The maximum Gasteiger partial charge on any atom is 0.346 e. The molecule has 7 heteroatoms. The average Bonchev–Trinajstić information content (AvgIpc) is 2.76. The molecule has 1 fully saturated rings. The number of rotatable bonds is 5. The first-order chi connectivity index (χ1) is 10.1. The SMILES string of the molecule is CSC1(CNc2ncnc3sc(C(=O)O)c(C)c23)CCC1. The van der Waals surface area contributed by atoms with E-state index < -0.39 is 5.97 Å². The van der Waals surface area contributed by atoms with Gasteiger partial charge in [-0.2, -0.15) is 11.8 Å². The zero-order valence-corrected chi connectivity index (χ0v) is 13.6. The predicted molar refractivity (Wildman–Crippen MR) is 87.7 cm³/mol. The number of carboxylic acid groups (broad SMARTS) is 1. The number of aromatic carboxylic acids is 1. The highest BCUT2D eigenvalue weighted by Gasteiger charge is 2.36. The molecule has 0 amide bonds. The van der Waals surface area contributed by atoms with E-state index >= 15 is 0 Å². The Balaban J connectivity index is 1.93. The largest absolute Gasteiger partial charge is 0.477 e. The summed E-state index contributed by atoms with van der Waals surface area (Å²) >= 11 is 3.11. The number of hydrogen-bond donors (Lipinski definition) is 2. The highest BCUT2D eigenvalue weighted by atomic mass is 32.2. The summed E-state index contributed by atoms with van der Waals surface area (Å²) in [6.07, 6.45) is 7.37. The first kappa shape index (κ1) is 14.6. The summed E-state index contributed by atoms with van der Waals surface area (Å²) in [5.74, 6) is -0.150. The Morgan fingerprint density at radius 3 is 2.86 bits per heavy atom. The van der Waals surface area contributed by atoms with E-state index in [1.165, 1.54) is 36.9 Å². The van der Waals surface area contributed by atoms with Crippen LogP contribution in [0.15, 0.2) is 6.33 Å². The Labute approximate surface area is 131 Å². The normalized spacial score (nSPS) is 16.7. The Morgan fingerprint density at radius 2 is 2.29 bits per heavy atom. The molecule has 2 aromatic heterocycles. The number of aromatic nitrogens is 2. The summed E-state index contributed by atoms with van der Waals surface area (Å²) in [6.45, 7) is 2.68. The fourth-order valence-corrected chi connectivity index (χ4v) is 4.58. The van der Waals surface area contributed by atoms with E-state index in [0.717, 1.165) is 28.1 Å². The molecule has 112 valence electrons. The molecule has 2 aromatic rings. The molecule has 0 saturated heterocycles. The summed E-state index contributed by atoms with van der Waals surface area (Å²) in [4.78, 5) is 20.9. The fourth-order valence-electron chi connectivity index (χ4n) is 2.68. The maximum absolute atomic E-state index is 11.3. The van der Waals surface area contributed by atoms with Crippen LogP contribution in [0.25, 0.3) is 10.2 Å². The van der Waals surface area contributed by atoms with Crippen LogP contribution in [0.4, 0.5) is 5.82 Å². The van der Waals surface area contributed by atoms with Gasteiger partial charge in [0.1, 0.15) is 21.9 Å². The van der Waals surface area contributed by atoms with Gasteiger partial charge in [-0.1, -0.05) is 6.42 Å². The molecule has 1 saturated carbocycles. The van der Waals surface area contributed by atoms with Crippen molar-refractivity contribution in [3.63, 3.8) is 0 Å². The van der Waals surface area contributed by atoms with Gasteiger partial charge in [-0.3, -0.25) is 0 Å². The lowest BCUT2D eigenvalue weighted by Gasteiger charge is -2.40. The number of fused-ring (bicyclic) bond motifs is 1. The molecule has 2 N–H and O–H groups in total. The second-order valence-corrected chi connectivity index (χ2v) is 7.63. The van der Waals surface area contributed by atoms with Crippen molar-refractivity contribution in [3.8, 4) is 0 Å². The van der Waals surface area contributed by atoms with Crippen molar-refractivity contribution >= 4 is 45.1 Å². The zero-order chi connectivity index (χ0) is 15.0. The number of thiophene rings is 1. The van der Waals surface area contributed by atoms with Crippen LogP contribution in [0.2, 0.25) is 0 Å². The number of nitrogens with one attached hydrogen (secondary N) is 1. The lowest BCUT2D eigenvalue weighted by atomic mass is 9.84. The molecule has 3 rings (SSSR count). The Kier molecular flexibility index (Phi) is 3.79. The molecule has 0 radical (unpaired) electrons. The third-order valence-electron chi connectivity index (χ3n) is 4.20. The second kappa shape index (κ2) is 5.46. The highest BCUT2D eigenvalue weighted by molar-refractivity contribution is 8.00. The number of carboxylic acids is 1. The zero-order valence-electron chi connectivity index (χ0n) is 12.0. The molecule has 2 heterocycles. The van der Waals surface area contributed by atoms with Crippen LogP contribution in [-0.4, -0.2) is 38.6 Å². The minimum absolute atomic E-state index is 0.302. The first-order valence-electron chi connectivity index (χ1n) is 6.83. The Hall–Kier alpha value is -1.34. The molecule has 0 aromatic carbocycles. The molecule has 0 spiro atoms. The quantitative estimate of drug-likeness (QED) is 0.878. The number of nitrogens with zero attached hydrogens (tertiary/aromatic N) is 2. The molecule has 1 aliphatic rings. The van der Waals surface area contributed by atoms with Gasteiger partial charge in [0, 0.05) is 11.3 Å². The molecule has 21 heavy (non-hydrogen) atoms. The van der Waals surface area contributed by atoms with Gasteiger partial charge in [0.25, 0.3) is 0 Å². The van der Waals surface area contributed by atoms with Crippen LogP contribution < -0.4 is 5.32 Å². The maximum atomic E-state index is 11.3. The molecule has 5 nitrogen and oxygen atoms in total. The van der Waals surface area contributed by atoms with Crippen LogP contribution in [-0.2, 0) is 0 Å². The molecular weight excluding hydrogens is 306 g/mol. The minimum atomic E-state index is -0.902. The van der Waals surface area contributed by atoms with Crippen LogP contribution >= 0.6 is 23.1 Å². The molecule has 0 aliphatic heterocycles.